The van der Waals surface area contributed by atoms with Crippen LogP contribution in [0.2, 0.25) is 0 Å². The zero-order chi connectivity index (χ0) is 12.1. The van der Waals surface area contributed by atoms with Crippen molar-refractivity contribution in [2.45, 2.75) is 19.4 Å². The largest absolute Gasteiger partial charge is 0.368 e. The monoisotopic (exact) mass is 284 g/mol. The van der Waals surface area contributed by atoms with E-state index in [0.717, 1.165) is 4.47 Å². The highest BCUT2D eigenvalue weighted by Crippen LogP contribution is 2.11. The molecule has 0 fully saturated rings. The van der Waals surface area contributed by atoms with Crippen LogP contribution in [-0.4, -0.2) is 17.9 Å². The molecule has 0 unspecified atom stereocenters. The lowest BCUT2D eigenvalue weighted by Crippen LogP contribution is -2.43. The predicted molar refractivity (Wildman–Crippen MR) is 64.9 cm³/mol. The maximum absolute atomic E-state index is 11.7. The summed E-state index contributed by atoms with van der Waals surface area (Å²) >= 11 is 3.27. The number of hydrogen-bond donors (Lipinski definition) is 2. The molecule has 0 saturated heterocycles. The lowest BCUT2D eigenvalue weighted by Gasteiger charge is -2.13. The molecule has 1 aromatic carbocycles. The summed E-state index contributed by atoms with van der Waals surface area (Å²) in [5.74, 6) is -0.821. The molecule has 0 bridgehead atoms. The van der Waals surface area contributed by atoms with E-state index in [1.807, 2.05) is 6.07 Å². The molecule has 0 aliphatic carbocycles. The van der Waals surface area contributed by atoms with Crippen molar-refractivity contribution in [2.75, 3.05) is 0 Å². The van der Waals surface area contributed by atoms with E-state index in [-0.39, 0.29) is 5.91 Å². The number of halogens is 1. The Hall–Kier alpha value is -1.36. The topological polar surface area (TPSA) is 72.2 Å². The van der Waals surface area contributed by atoms with Gasteiger partial charge in [-0.05, 0) is 24.6 Å². The number of hydrogen-bond acceptors (Lipinski definition) is 2. The Labute approximate surface area is 102 Å². The Morgan fingerprint density at radius 1 is 1.50 bits per heavy atom. The molecule has 4 nitrogen and oxygen atoms in total. The normalized spacial score (nSPS) is 11.9. The van der Waals surface area contributed by atoms with Gasteiger partial charge in [0.05, 0.1) is 0 Å². The molecule has 0 heterocycles. The minimum Gasteiger partial charge on any atom is -0.368 e. The van der Waals surface area contributed by atoms with E-state index in [1.165, 1.54) is 0 Å². The number of carbonyl (C=O) groups excluding carboxylic acids is 2. The van der Waals surface area contributed by atoms with E-state index in [4.69, 9.17) is 5.73 Å². The maximum atomic E-state index is 11.7. The number of rotatable bonds is 4. The first-order valence-corrected chi connectivity index (χ1v) is 5.69. The second-order valence-corrected chi connectivity index (χ2v) is 4.26. The third-order valence-electron chi connectivity index (χ3n) is 2.14. The average molecular weight is 285 g/mol. The van der Waals surface area contributed by atoms with E-state index in [0.29, 0.717) is 12.0 Å². The second-order valence-electron chi connectivity index (χ2n) is 3.35. The van der Waals surface area contributed by atoms with Crippen molar-refractivity contribution < 1.29 is 9.59 Å². The van der Waals surface area contributed by atoms with E-state index < -0.39 is 11.9 Å². The summed E-state index contributed by atoms with van der Waals surface area (Å²) in [5, 5.41) is 2.58. The Kier molecular flexibility index (Phi) is 4.49. The van der Waals surface area contributed by atoms with Gasteiger partial charge in [-0.3, -0.25) is 9.59 Å². The van der Waals surface area contributed by atoms with Gasteiger partial charge in [0.2, 0.25) is 5.91 Å². The third kappa shape index (κ3) is 3.34. The molecule has 5 heteroatoms. The minimum atomic E-state index is -0.619. The SMILES string of the molecule is CC[C@H](NC(=O)c1cccc(Br)c1)C(N)=O. The second kappa shape index (κ2) is 5.65. The Morgan fingerprint density at radius 2 is 2.19 bits per heavy atom. The Bertz CT molecular complexity index is 407. The molecule has 1 rings (SSSR count). The number of carbonyl (C=O) groups is 2. The molecule has 0 aliphatic heterocycles. The van der Waals surface area contributed by atoms with Gasteiger partial charge in [-0.15, -0.1) is 0 Å². The van der Waals surface area contributed by atoms with Crippen LogP contribution in [-0.2, 0) is 4.79 Å². The first kappa shape index (κ1) is 12.7. The van der Waals surface area contributed by atoms with Gasteiger partial charge in [0.15, 0.2) is 0 Å². The highest BCUT2D eigenvalue weighted by atomic mass is 79.9. The van der Waals surface area contributed by atoms with E-state index in [2.05, 4.69) is 21.2 Å². The zero-order valence-corrected chi connectivity index (χ0v) is 10.5. The first-order chi connectivity index (χ1) is 7.54. The Morgan fingerprint density at radius 3 is 2.69 bits per heavy atom. The molecule has 0 aromatic heterocycles. The van der Waals surface area contributed by atoms with Crippen LogP contribution in [0, 0.1) is 0 Å². The van der Waals surface area contributed by atoms with Gasteiger partial charge in [0.1, 0.15) is 6.04 Å². The van der Waals surface area contributed by atoms with Crippen molar-refractivity contribution in [3.8, 4) is 0 Å². The van der Waals surface area contributed by atoms with Crippen LogP contribution in [0.4, 0.5) is 0 Å². The molecule has 3 N–H and O–H groups in total. The lowest BCUT2D eigenvalue weighted by molar-refractivity contribution is -0.119. The van der Waals surface area contributed by atoms with Crippen LogP contribution in [0.5, 0.6) is 0 Å². The zero-order valence-electron chi connectivity index (χ0n) is 8.87. The van der Waals surface area contributed by atoms with E-state index >= 15 is 0 Å². The molecule has 86 valence electrons. The maximum Gasteiger partial charge on any atom is 0.251 e. The van der Waals surface area contributed by atoms with Gasteiger partial charge in [-0.25, -0.2) is 0 Å². The quantitative estimate of drug-likeness (QED) is 0.878. The predicted octanol–water partition coefficient (Wildman–Crippen LogP) is 1.44. The summed E-state index contributed by atoms with van der Waals surface area (Å²) in [6, 6.07) is 6.31. The van der Waals surface area contributed by atoms with Gasteiger partial charge in [-0.2, -0.15) is 0 Å². The summed E-state index contributed by atoms with van der Waals surface area (Å²) < 4.78 is 0.812. The van der Waals surface area contributed by atoms with Gasteiger partial charge in [-0.1, -0.05) is 28.9 Å². The standard InChI is InChI=1S/C11H13BrN2O2/c1-2-9(10(13)15)14-11(16)7-4-3-5-8(12)6-7/h3-6,9H,2H2,1H3,(H2,13,15)(H,14,16)/t9-/m0/s1. The molecule has 2 amide bonds. The number of primary amides is 1. The van der Waals surface area contributed by atoms with E-state index in [9.17, 15) is 9.59 Å². The molecule has 16 heavy (non-hydrogen) atoms. The summed E-state index contributed by atoms with van der Waals surface area (Å²) in [6.07, 6.45) is 0.481. The molecule has 0 spiro atoms. The number of nitrogens with one attached hydrogen (secondary N) is 1. The summed E-state index contributed by atoms with van der Waals surface area (Å²) in [6.45, 7) is 1.79. The van der Waals surface area contributed by atoms with Crippen LogP contribution in [0.3, 0.4) is 0 Å². The van der Waals surface area contributed by atoms with Gasteiger partial charge in [0.25, 0.3) is 5.91 Å². The average Bonchev–Trinajstić information content (AvgIpc) is 2.25. The fourth-order valence-corrected chi connectivity index (χ4v) is 1.64. The number of benzene rings is 1. The van der Waals surface area contributed by atoms with E-state index in [1.54, 1.807) is 25.1 Å². The number of amides is 2. The van der Waals surface area contributed by atoms with Crippen molar-refractivity contribution >= 4 is 27.7 Å². The highest BCUT2D eigenvalue weighted by molar-refractivity contribution is 9.10. The van der Waals surface area contributed by atoms with Crippen molar-refractivity contribution in [1.29, 1.82) is 0 Å². The fraction of sp³-hybridized carbons (Fsp3) is 0.273. The third-order valence-corrected chi connectivity index (χ3v) is 2.64. The molecule has 1 atom stereocenters. The van der Waals surface area contributed by atoms with Crippen LogP contribution in [0.1, 0.15) is 23.7 Å². The minimum absolute atomic E-state index is 0.299. The summed E-state index contributed by atoms with van der Waals surface area (Å²) in [4.78, 5) is 22.7. The summed E-state index contributed by atoms with van der Waals surface area (Å²) in [7, 11) is 0. The molecule has 0 radical (unpaired) electrons. The summed E-state index contributed by atoms with van der Waals surface area (Å²) in [5.41, 5.74) is 5.64. The van der Waals surface area contributed by atoms with Crippen molar-refractivity contribution in [3.05, 3.63) is 34.3 Å². The molecular weight excluding hydrogens is 272 g/mol. The lowest BCUT2D eigenvalue weighted by atomic mass is 10.1. The van der Waals surface area contributed by atoms with Crippen LogP contribution in [0.15, 0.2) is 28.7 Å². The van der Waals surface area contributed by atoms with Gasteiger partial charge in [0, 0.05) is 10.0 Å². The fourth-order valence-electron chi connectivity index (χ4n) is 1.25. The van der Waals surface area contributed by atoms with Crippen LogP contribution < -0.4 is 11.1 Å². The molecular formula is C11H13BrN2O2. The molecule has 0 saturated carbocycles. The molecule has 1 aromatic rings. The van der Waals surface area contributed by atoms with Crippen LogP contribution >= 0.6 is 15.9 Å². The smallest absolute Gasteiger partial charge is 0.251 e. The molecule has 0 aliphatic rings. The Balaban J connectivity index is 2.75. The van der Waals surface area contributed by atoms with Gasteiger partial charge < -0.3 is 11.1 Å². The first-order valence-electron chi connectivity index (χ1n) is 4.90. The van der Waals surface area contributed by atoms with Crippen LogP contribution in [0.25, 0.3) is 0 Å². The van der Waals surface area contributed by atoms with Crippen molar-refractivity contribution in [3.63, 3.8) is 0 Å². The van der Waals surface area contributed by atoms with Crippen molar-refractivity contribution in [2.24, 2.45) is 5.73 Å². The highest BCUT2D eigenvalue weighted by Gasteiger charge is 2.16. The van der Waals surface area contributed by atoms with Crippen molar-refractivity contribution in [1.82, 2.24) is 5.32 Å². The van der Waals surface area contributed by atoms with Gasteiger partial charge >= 0.3 is 0 Å². The number of nitrogens with two attached hydrogens (primary N) is 1.